The minimum absolute atomic E-state index is 0.284. The number of nitrogens with two attached hydrogens (primary N) is 1. The van der Waals surface area contributed by atoms with E-state index in [2.05, 4.69) is 11.8 Å². The highest BCUT2D eigenvalue weighted by atomic mass is 19.2. The molecule has 2 rings (SSSR count). The Labute approximate surface area is 113 Å². The van der Waals surface area contributed by atoms with E-state index in [9.17, 15) is 8.78 Å². The van der Waals surface area contributed by atoms with Gasteiger partial charge in [0.25, 0.3) is 0 Å². The minimum Gasteiger partial charge on any atom is -0.324 e. The molecule has 0 aromatic heterocycles. The molecule has 0 radical (unpaired) electrons. The maximum Gasteiger partial charge on any atom is 0.163 e. The number of rotatable bonds is 5. The molecule has 1 aliphatic heterocycles. The summed E-state index contributed by atoms with van der Waals surface area (Å²) in [6.07, 6.45) is 4.27. The maximum absolute atomic E-state index is 13.6. The van der Waals surface area contributed by atoms with Crippen LogP contribution < -0.4 is 5.73 Å². The molecule has 4 heteroatoms. The van der Waals surface area contributed by atoms with E-state index < -0.39 is 17.7 Å². The number of likely N-dealkylation sites (tertiary alicyclic amines) is 1. The molecule has 2 unspecified atom stereocenters. The average molecular weight is 268 g/mol. The fourth-order valence-corrected chi connectivity index (χ4v) is 2.92. The highest BCUT2D eigenvalue weighted by Crippen LogP contribution is 2.24. The predicted molar refractivity (Wildman–Crippen MR) is 72.8 cm³/mol. The number of nitrogens with zero attached hydrogens (tertiary/aromatic N) is 1. The van der Waals surface area contributed by atoms with Gasteiger partial charge in [-0.25, -0.2) is 8.78 Å². The lowest BCUT2D eigenvalue weighted by Gasteiger charge is -2.25. The molecule has 2 nitrogen and oxygen atoms in total. The highest BCUT2D eigenvalue weighted by Gasteiger charge is 2.23. The van der Waals surface area contributed by atoms with Gasteiger partial charge in [0, 0.05) is 24.2 Å². The molecule has 2 atom stereocenters. The van der Waals surface area contributed by atoms with Gasteiger partial charge in [-0.15, -0.1) is 0 Å². The summed E-state index contributed by atoms with van der Waals surface area (Å²) in [5, 5.41) is 0. The summed E-state index contributed by atoms with van der Waals surface area (Å²) in [5.41, 5.74) is 6.28. The number of benzene rings is 1. The molecule has 0 aliphatic carbocycles. The molecule has 0 bridgehead atoms. The van der Waals surface area contributed by atoms with Gasteiger partial charge in [-0.05, 0) is 38.3 Å². The van der Waals surface area contributed by atoms with Crippen molar-refractivity contribution in [1.82, 2.24) is 4.90 Å². The summed E-state index contributed by atoms with van der Waals surface area (Å²) in [5.74, 6) is -1.62. The van der Waals surface area contributed by atoms with Crippen molar-refractivity contribution >= 4 is 0 Å². The Balaban J connectivity index is 1.94. The second kappa shape index (κ2) is 6.44. The van der Waals surface area contributed by atoms with E-state index in [4.69, 9.17) is 5.73 Å². The van der Waals surface area contributed by atoms with Crippen molar-refractivity contribution in [3.63, 3.8) is 0 Å². The molecule has 19 heavy (non-hydrogen) atoms. The van der Waals surface area contributed by atoms with Crippen LogP contribution in [0, 0.1) is 11.6 Å². The molecule has 0 amide bonds. The summed E-state index contributed by atoms with van der Waals surface area (Å²) >= 11 is 0. The lowest BCUT2D eigenvalue weighted by molar-refractivity contribution is 0.238. The van der Waals surface area contributed by atoms with Gasteiger partial charge in [-0.3, -0.25) is 0 Å². The van der Waals surface area contributed by atoms with E-state index in [1.165, 1.54) is 18.9 Å². The van der Waals surface area contributed by atoms with Crippen LogP contribution in [0.2, 0.25) is 0 Å². The quantitative estimate of drug-likeness (QED) is 0.888. The first-order chi connectivity index (χ1) is 9.13. The van der Waals surface area contributed by atoms with Crippen LogP contribution in [0.1, 0.15) is 44.2 Å². The molecule has 2 N–H and O–H groups in total. The zero-order chi connectivity index (χ0) is 13.8. The van der Waals surface area contributed by atoms with Crippen molar-refractivity contribution in [2.45, 2.75) is 44.7 Å². The van der Waals surface area contributed by atoms with Crippen LogP contribution >= 0.6 is 0 Å². The number of hydrogen-bond acceptors (Lipinski definition) is 2. The van der Waals surface area contributed by atoms with Crippen molar-refractivity contribution in [3.05, 3.63) is 35.4 Å². The first-order valence-corrected chi connectivity index (χ1v) is 7.07. The minimum atomic E-state index is -0.819. The lowest BCUT2D eigenvalue weighted by atomic mass is 10.0. The summed E-state index contributed by atoms with van der Waals surface area (Å²) in [7, 11) is 0. The molecule has 1 saturated heterocycles. The second-order valence-electron chi connectivity index (χ2n) is 5.28. The third-order valence-electron chi connectivity index (χ3n) is 4.08. The third-order valence-corrected chi connectivity index (χ3v) is 4.08. The number of hydrogen-bond donors (Lipinski definition) is 1. The smallest absolute Gasteiger partial charge is 0.163 e. The molecule has 1 aromatic carbocycles. The van der Waals surface area contributed by atoms with Crippen LogP contribution in [-0.2, 0) is 0 Å². The van der Waals surface area contributed by atoms with Crippen LogP contribution in [0.25, 0.3) is 0 Å². The topological polar surface area (TPSA) is 29.3 Å². The van der Waals surface area contributed by atoms with Crippen LogP contribution in [0.4, 0.5) is 8.78 Å². The van der Waals surface area contributed by atoms with Crippen molar-refractivity contribution < 1.29 is 8.78 Å². The van der Waals surface area contributed by atoms with Gasteiger partial charge in [-0.2, -0.15) is 0 Å². The van der Waals surface area contributed by atoms with Gasteiger partial charge in [0.05, 0.1) is 0 Å². The lowest BCUT2D eigenvalue weighted by Crippen LogP contribution is -2.31. The van der Waals surface area contributed by atoms with E-state index in [0.717, 1.165) is 25.6 Å². The van der Waals surface area contributed by atoms with E-state index in [-0.39, 0.29) is 5.56 Å². The molecular formula is C15H22F2N2. The van der Waals surface area contributed by atoms with E-state index in [1.54, 1.807) is 6.07 Å². The zero-order valence-corrected chi connectivity index (χ0v) is 11.4. The van der Waals surface area contributed by atoms with Crippen molar-refractivity contribution in [3.8, 4) is 0 Å². The van der Waals surface area contributed by atoms with Crippen molar-refractivity contribution in [1.29, 1.82) is 0 Å². The third kappa shape index (κ3) is 3.31. The summed E-state index contributed by atoms with van der Waals surface area (Å²) in [4.78, 5) is 2.41. The molecule has 1 aromatic rings. The highest BCUT2D eigenvalue weighted by molar-refractivity contribution is 5.22. The Hall–Kier alpha value is -1.00. The Morgan fingerprint density at radius 3 is 2.95 bits per heavy atom. The summed E-state index contributed by atoms with van der Waals surface area (Å²) in [6, 6.07) is 4.40. The van der Waals surface area contributed by atoms with Gasteiger partial charge in [0.15, 0.2) is 11.6 Å². The fourth-order valence-electron chi connectivity index (χ4n) is 2.92. The van der Waals surface area contributed by atoms with Crippen molar-refractivity contribution in [2.75, 3.05) is 13.1 Å². The number of halogens is 2. The molecule has 1 heterocycles. The summed E-state index contributed by atoms with van der Waals surface area (Å²) < 4.78 is 26.8. The SMILES string of the molecule is CCC1CCCN1CCC(N)c1cccc(F)c1F. The zero-order valence-electron chi connectivity index (χ0n) is 11.4. The standard InChI is InChI=1S/C15H22F2N2/c1-2-11-5-4-9-19(11)10-8-14(18)12-6-3-7-13(16)15(12)17/h3,6-7,11,14H,2,4-5,8-10,18H2,1H3. The second-order valence-corrected chi connectivity index (χ2v) is 5.28. The Kier molecular flexibility index (Phi) is 4.88. The molecule has 1 fully saturated rings. The Bertz CT molecular complexity index is 423. The van der Waals surface area contributed by atoms with Gasteiger partial charge in [-0.1, -0.05) is 19.1 Å². The first-order valence-electron chi connectivity index (χ1n) is 7.07. The largest absolute Gasteiger partial charge is 0.324 e. The first kappa shape index (κ1) is 14.4. The van der Waals surface area contributed by atoms with Crippen LogP contribution in [-0.4, -0.2) is 24.0 Å². The molecule has 0 spiro atoms. The summed E-state index contributed by atoms with van der Waals surface area (Å²) in [6.45, 7) is 4.14. The Morgan fingerprint density at radius 2 is 2.21 bits per heavy atom. The van der Waals surface area contributed by atoms with E-state index in [0.29, 0.717) is 12.5 Å². The van der Waals surface area contributed by atoms with Gasteiger partial charge >= 0.3 is 0 Å². The molecule has 1 aliphatic rings. The van der Waals surface area contributed by atoms with Crippen molar-refractivity contribution in [2.24, 2.45) is 5.73 Å². The van der Waals surface area contributed by atoms with Crippen LogP contribution in [0.3, 0.4) is 0 Å². The van der Waals surface area contributed by atoms with Crippen LogP contribution in [0.5, 0.6) is 0 Å². The van der Waals surface area contributed by atoms with E-state index >= 15 is 0 Å². The van der Waals surface area contributed by atoms with Gasteiger partial charge in [0.1, 0.15) is 0 Å². The molecule has 106 valence electrons. The van der Waals surface area contributed by atoms with Crippen LogP contribution in [0.15, 0.2) is 18.2 Å². The molecule has 0 saturated carbocycles. The Morgan fingerprint density at radius 1 is 1.42 bits per heavy atom. The van der Waals surface area contributed by atoms with Gasteiger partial charge < -0.3 is 10.6 Å². The van der Waals surface area contributed by atoms with E-state index in [1.807, 2.05) is 0 Å². The normalized spacial score (nSPS) is 21.8. The molecular weight excluding hydrogens is 246 g/mol. The predicted octanol–water partition coefficient (Wildman–Crippen LogP) is 3.23. The fraction of sp³-hybridized carbons (Fsp3) is 0.600. The average Bonchev–Trinajstić information content (AvgIpc) is 2.86. The monoisotopic (exact) mass is 268 g/mol. The van der Waals surface area contributed by atoms with Gasteiger partial charge in [0.2, 0.25) is 0 Å². The maximum atomic E-state index is 13.6.